The lowest BCUT2D eigenvalue weighted by Gasteiger charge is -2.36. The van der Waals surface area contributed by atoms with Crippen LogP contribution in [0.15, 0.2) is 121 Å². The summed E-state index contributed by atoms with van der Waals surface area (Å²) in [6.45, 7) is 9.09. The minimum atomic E-state index is -0.303. The van der Waals surface area contributed by atoms with Crippen molar-refractivity contribution in [3.05, 3.63) is 149 Å². The molecule has 5 heteroatoms. The van der Waals surface area contributed by atoms with E-state index in [0.717, 1.165) is 59.3 Å². The molecule has 0 amide bonds. The van der Waals surface area contributed by atoms with Crippen molar-refractivity contribution in [2.45, 2.75) is 64.2 Å². The fraction of sp³-hybridized carbons (Fsp3) is 0.267. The SMILES string of the molecule is CC1CC(c2cc(-c3nc(-c4ccccc4)nc(C4(C)CC=CCC4C)n3)cc(C3(C)C=CC(C#N)=CC3)c2)=CC=C1c1ccc(C#N)cc1. The van der Waals surface area contributed by atoms with Gasteiger partial charge in [-0.25, -0.2) is 15.0 Å². The van der Waals surface area contributed by atoms with E-state index in [-0.39, 0.29) is 16.7 Å². The molecular weight excluding hydrogens is 611 g/mol. The van der Waals surface area contributed by atoms with E-state index in [1.807, 2.05) is 54.6 Å². The van der Waals surface area contributed by atoms with Gasteiger partial charge in [0.1, 0.15) is 5.82 Å². The number of allylic oxidation sites excluding steroid dienone is 10. The summed E-state index contributed by atoms with van der Waals surface area (Å²) in [5, 5.41) is 18.8. The van der Waals surface area contributed by atoms with Gasteiger partial charge in [0, 0.05) is 27.5 Å². The lowest BCUT2D eigenvalue weighted by Crippen LogP contribution is -2.34. The van der Waals surface area contributed by atoms with Crippen LogP contribution in [-0.4, -0.2) is 15.0 Å². The zero-order valence-corrected chi connectivity index (χ0v) is 29.2. The highest BCUT2D eigenvalue weighted by Crippen LogP contribution is 2.43. The Morgan fingerprint density at radius 3 is 2.14 bits per heavy atom. The van der Waals surface area contributed by atoms with E-state index in [2.05, 4.69) is 101 Å². The molecule has 0 fully saturated rings. The van der Waals surface area contributed by atoms with Crippen molar-refractivity contribution < 1.29 is 0 Å². The van der Waals surface area contributed by atoms with Crippen LogP contribution in [0.3, 0.4) is 0 Å². The first kappa shape index (κ1) is 32.9. The van der Waals surface area contributed by atoms with Crippen molar-refractivity contribution in [3.63, 3.8) is 0 Å². The minimum absolute atomic E-state index is 0.221. The topological polar surface area (TPSA) is 86.2 Å². The summed E-state index contributed by atoms with van der Waals surface area (Å²) in [6.07, 6.45) is 18.6. The molecule has 4 aromatic rings. The second-order valence-corrected chi connectivity index (χ2v) is 14.5. The Kier molecular flexibility index (Phi) is 8.77. The Labute approximate surface area is 295 Å². The normalized spacial score (nSPS) is 24.4. The van der Waals surface area contributed by atoms with E-state index in [1.54, 1.807) is 0 Å². The van der Waals surface area contributed by atoms with Crippen LogP contribution in [0.5, 0.6) is 0 Å². The molecule has 0 aliphatic heterocycles. The Bertz CT molecular complexity index is 2190. The van der Waals surface area contributed by atoms with Gasteiger partial charge in [-0.3, -0.25) is 0 Å². The molecule has 4 unspecified atom stereocenters. The van der Waals surface area contributed by atoms with Crippen molar-refractivity contribution in [1.29, 1.82) is 10.5 Å². The van der Waals surface area contributed by atoms with Gasteiger partial charge in [-0.05, 0) is 95.7 Å². The van der Waals surface area contributed by atoms with Crippen LogP contribution in [-0.2, 0) is 10.8 Å². The third kappa shape index (κ3) is 6.28. The zero-order chi connectivity index (χ0) is 34.9. The van der Waals surface area contributed by atoms with E-state index >= 15 is 0 Å². The molecule has 5 nitrogen and oxygen atoms in total. The van der Waals surface area contributed by atoms with Crippen molar-refractivity contribution in [3.8, 4) is 34.9 Å². The van der Waals surface area contributed by atoms with Crippen LogP contribution >= 0.6 is 0 Å². The van der Waals surface area contributed by atoms with E-state index in [1.165, 1.54) is 11.1 Å². The number of rotatable bonds is 6. The number of hydrogen-bond donors (Lipinski definition) is 0. The predicted octanol–water partition coefficient (Wildman–Crippen LogP) is 10.5. The van der Waals surface area contributed by atoms with Crippen LogP contribution in [0.2, 0.25) is 0 Å². The molecule has 0 spiro atoms. The fourth-order valence-electron chi connectivity index (χ4n) is 7.37. The van der Waals surface area contributed by atoms with Crippen LogP contribution < -0.4 is 0 Å². The van der Waals surface area contributed by atoms with Crippen molar-refractivity contribution in [1.82, 2.24) is 15.0 Å². The van der Waals surface area contributed by atoms with Gasteiger partial charge < -0.3 is 0 Å². The lowest BCUT2D eigenvalue weighted by molar-refractivity contribution is 0.289. The molecule has 3 aliphatic carbocycles. The molecule has 3 aromatic carbocycles. The van der Waals surface area contributed by atoms with Gasteiger partial charge in [0.2, 0.25) is 0 Å². The fourth-order valence-corrected chi connectivity index (χ4v) is 7.37. The summed E-state index contributed by atoms with van der Waals surface area (Å²) < 4.78 is 0. The maximum absolute atomic E-state index is 9.56. The molecule has 0 N–H and O–H groups in total. The van der Waals surface area contributed by atoms with Gasteiger partial charge in [-0.2, -0.15) is 10.5 Å². The molecule has 0 bridgehead atoms. The minimum Gasteiger partial charge on any atom is -0.212 e. The largest absolute Gasteiger partial charge is 0.212 e. The average molecular weight is 652 g/mol. The number of benzene rings is 3. The summed E-state index contributed by atoms with van der Waals surface area (Å²) in [4.78, 5) is 15.6. The second-order valence-electron chi connectivity index (χ2n) is 14.5. The molecule has 4 atom stereocenters. The molecule has 1 heterocycles. The van der Waals surface area contributed by atoms with Crippen molar-refractivity contribution in [2.75, 3.05) is 0 Å². The van der Waals surface area contributed by atoms with Crippen LogP contribution in [0.1, 0.15) is 81.5 Å². The molecule has 0 radical (unpaired) electrons. The summed E-state index contributed by atoms with van der Waals surface area (Å²) in [7, 11) is 0. The van der Waals surface area contributed by atoms with Gasteiger partial charge in [0.05, 0.1) is 17.7 Å². The standard InChI is InChI=1S/C45H41N5/c1-30-24-36(17-18-40(30)34-15-13-32(28-46)14-16-34)37-25-38(27-39(26-37)44(3)22-19-33(29-47)20-23-44)42-48-41(35-11-6-5-7-12-35)49-43(50-42)45(4)21-9-8-10-31(45)2/h5-9,11-20,22,25-27,30-31H,10,21,23-24H2,1-4H3. The molecule has 3 aliphatic rings. The summed E-state index contributed by atoms with van der Waals surface area (Å²) in [5.41, 5.74) is 8.74. The van der Waals surface area contributed by atoms with Crippen LogP contribution in [0, 0.1) is 34.5 Å². The van der Waals surface area contributed by atoms with E-state index in [4.69, 9.17) is 15.0 Å². The number of hydrogen-bond acceptors (Lipinski definition) is 5. The molecule has 0 saturated carbocycles. The Morgan fingerprint density at radius 2 is 1.48 bits per heavy atom. The zero-order valence-electron chi connectivity index (χ0n) is 29.2. The maximum Gasteiger partial charge on any atom is 0.163 e. The molecule has 50 heavy (non-hydrogen) atoms. The first-order valence-electron chi connectivity index (χ1n) is 17.5. The average Bonchev–Trinajstić information content (AvgIpc) is 3.16. The van der Waals surface area contributed by atoms with Gasteiger partial charge >= 0.3 is 0 Å². The third-order valence-corrected chi connectivity index (χ3v) is 11.1. The molecular formula is C45H41N5. The summed E-state index contributed by atoms with van der Waals surface area (Å²) in [5.74, 6) is 2.86. The van der Waals surface area contributed by atoms with Crippen molar-refractivity contribution >= 4 is 11.1 Å². The monoisotopic (exact) mass is 651 g/mol. The molecule has 246 valence electrons. The first-order valence-corrected chi connectivity index (χ1v) is 17.5. The van der Waals surface area contributed by atoms with E-state index in [9.17, 15) is 10.5 Å². The van der Waals surface area contributed by atoms with Gasteiger partial charge in [-0.15, -0.1) is 0 Å². The Morgan fingerprint density at radius 1 is 0.740 bits per heavy atom. The maximum atomic E-state index is 9.56. The number of aromatic nitrogens is 3. The van der Waals surface area contributed by atoms with Crippen LogP contribution in [0.4, 0.5) is 0 Å². The van der Waals surface area contributed by atoms with E-state index < -0.39 is 0 Å². The number of nitriles is 2. The highest BCUT2D eigenvalue weighted by atomic mass is 15.0. The Balaban J connectivity index is 1.39. The van der Waals surface area contributed by atoms with Gasteiger partial charge in [-0.1, -0.05) is 113 Å². The quantitative estimate of drug-likeness (QED) is 0.194. The Hall–Kier alpha value is -5.65. The highest BCUT2D eigenvalue weighted by molar-refractivity contribution is 5.81. The highest BCUT2D eigenvalue weighted by Gasteiger charge is 2.37. The molecule has 0 saturated heterocycles. The van der Waals surface area contributed by atoms with Crippen molar-refractivity contribution in [2.24, 2.45) is 11.8 Å². The number of nitrogens with zero attached hydrogens (tertiary/aromatic N) is 5. The first-order chi connectivity index (χ1) is 24.2. The smallest absolute Gasteiger partial charge is 0.163 e. The summed E-state index contributed by atoms with van der Waals surface area (Å²) in [6, 6.07) is 29.4. The molecule has 1 aromatic heterocycles. The van der Waals surface area contributed by atoms with E-state index in [0.29, 0.717) is 28.7 Å². The molecule has 7 rings (SSSR count). The third-order valence-electron chi connectivity index (χ3n) is 11.1. The van der Waals surface area contributed by atoms with Gasteiger partial charge in [0.25, 0.3) is 0 Å². The lowest BCUT2D eigenvalue weighted by atomic mass is 9.70. The van der Waals surface area contributed by atoms with Crippen LogP contribution in [0.25, 0.3) is 33.9 Å². The summed E-state index contributed by atoms with van der Waals surface area (Å²) >= 11 is 0. The predicted molar refractivity (Wildman–Crippen MR) is 201 cm³/mol. The van der Waals surface area contributed by atoms with Gasteiger partial charge in [0.15, 0.2) is 11.6 Å². The second kappa shape index (κ2) is 13.3.